The summed E-state index contributed by atoms with van der Waals surface area (Å²) < 4.78 is 10.9. The van der Waals surface area contributed by atoms with Crippen molar-refractivity contribution in [2.75, 3.05) is 26.7 Å². The molecule has 1 unspecified atom stereocenters. The third-order valence-electron chi connectivity index (χ3n) is 4.59. The zero-order chi connectivity index (χ0) is 19.1. The van der Waals surface area contributed by atoms with Crippen LogP contribution in [0.3, 0.4) is 0 Å². The second-order valence-corrected chi connectivity index (χ2v) is 6.30. The molecule has 0 saturated carbocycles. The molecule has 0 aliphatic carbocycles. The maximum atomic E-state index is 12.3. The monoisotopic (exact) mass is 359 g/mol. The molecule has 0 saturated heterocycles. The summed E-state index contributed by atoms with van der Waals surface area (Å²) in [6, 6.07) is 7.80. The number of hydrogen-bond donors (Lipinski definition) is 1. The zero-order valence-electron chi connectivity index (χ0n) is 16.3. The summed E-state index contributed by atoms with van der Waals surface area (Å²) in [6.07, 6.45) is 0.219. The average molecular weight is 359 g/mol. The topological polar surface area (TPSA) is 67.6 Å². The molecule has 0 radical (unpaired) electrons. The number of nitrogens with zero attached hydrogens (tertiary/aromatic N) is 2. The lowest BCUT2D eigenvalue weighted by Gasteiger charge is -2.26. The molecule has 26 heavy (non-hydrogen) atoms. The first kappa shape index (κ1) is 20.0. The van der Waals surface area contributed by atoms with E-state index in [2.05, 4.69) is 36.0 Å². The molecule has 0 aliphatic heterocycles. The van der Waals surface area contributed by atoms with Gasteiger partial charge in [0, 0.05) is 18.2 Å². The molecule has 6 nitrogen and oxygen atoms in total. The number of nitrogens with one attached hydrogen (secondary N) is 1. The minimum Gasteiger partial charge on any atom is -0.497 e. The van der Waals surface area contributed by atoms with Crippen LogP contribution in [-0.4, -0.2) is 48.6 Å². The molecule has 1 aromatic carbocycles. The summed E-state index contributed by atoms with van der Waals surface area (Å²) in [7, 11) is 1.63. The third-order valence-corrected chi connectivity index (χ3v) is 4.59. The number of aromatic nitrogens is 1. The van der Waals surface area contributed by atoms with Gasteiger partial charge in [0.25, 0.3) is 0 Å². The van der Waals surface area contributed by atoms with E-state index in [0.29, 0.717) is 29.9 Å². The van der Waals surface area contributed by atoms with Crippen molar-refractivity contribution < 1.29 is 13.9 Å². The Balaban J connectivity index is 1.97. The van der Waals surface area contributed by atoms with E-state index in [1.165, 1.54) is 0 Å². The number of likely N-dealkylation sites (N-methyl/N-ethyl adjacent to an activating group) is 1. The summed E-state index contributed by atoms with van der Waals surface area (Å²) in [5.41, 5.74) is 1.53. The smallest absolute Gasteiger partial charge is 0.226 e. The van der Waals surface area contributed by atoms with Crippen molar-refractivity contribution >= 4 is 5.91 Å². The van der Waals surface area contributed by atoms with Crippen molar-refractivity contribution in [1.29, 1.82) is 0 Å². The molecule has 1 amide bonds. The van der Waals surface area contributed by atoms with Crippen LogP contribution in [0.4, 0.5) is 0 Å². The lowest BCUT2D eigenvalue weighted by molar-refractivity contribution is -0.120. The number of carbonyl (C=O) groups is 1. The molecule has 0 fully saturated rings. The predicted molar refractivity (Wildman–Crippen MR) is 102 cm³/mol. The summed E-state index contributed by atoms with van der Waals surface area (Å²) in [5.74, 6) is 1.92. The van der Waals surface area contributed by atoms with Crippen LogP contribution in [0.1, 0.15) is 32.2 Å². The molecule has 0 spiro atoms. The maximum Gasteiger partial charge on any atom is 0.226 e. The first-order valence-corrected chi connectivity index (χ1v) is 9.09. The number of oxazole rings is 1. The molecular weight excluding hydrogens is 330 g/mol. The fourth-order valence-corrected chi connectivity index (χ4v) is 2.90. The second kappa shape index (κ2) is 9.38. The molecule has 1 heterocycles. The highest BCUT2D eigenvalue weighted by atomic mass is 16.5. The predicted octanol–water partition coefficient (Wildman–Crippen LogP) is 3.05. The van der Waals surface area contributed by atoms with E-state index in [9.17, 15) is 4.79 Å². The highest BCUT2D eigenvalue weighted by Gasteiger charge is 2.16. The van der Waals surface area contributed by atoms with Crippen LogP contribution in [0, 0.1) is 6.92 Å². The van der Waals surface area contributed by atoms with Gasteiger partial charge in [-0.05, 0) is 51.2 Å². The first-order chi connectivity index (χ1) is 12.5. The standard InChI is InChI=1S/C20H29N3O3/c1-6-23(7-2)14(3)13-21-19(24)12-18-15(4)26-20(22-18)16-8-10-17(25-5)11-9-16/h8-11,14H,6-7,12-13H2,1-5H3,(H,21,24). The minimum atomic E-state index is -0.0401. The lowest BCUT2D eigenvalue weighted by atomic mass is 10.2. The van der Waals surface area contributed by atoms with Gasteiger partial charge in [0.1, 0.15) is 11.5 Å². The van der Waals surface area contributed by atoms with E-state index in [1.807, 2.05) is 31.2 Å². The Bertz CT molecular complexity index is 706. The van der Waals surface area contributed by atoms with E-state index in [-0.39, 0.29) is 12.3 Å². The number of hydrogen-bond acceptors (Lipinski definition) is 5. The van der Waals surface area contributed by atoms with Crippen LogP contribution >= 0.6 is 0 Å². The molecule has 2 aromatic rings. The van der Waals surface area contributed by atoms with Crippen molar-refractivity contribution in [3.8, 4) is 17.2 Å². The van der Waals surface area contributed by atoms with Crippen molar-refractivity contribution in [2.45, 2.75) is 40.2 Å². The molecule has 0 aliphatic rings. The quantitative estimate of drug-likeness (QED) is 0.745. The SMILES string of the molecule is CCN(CC)C(C)CNC(=O)Cc1nc(-c2ccc(OC)cc2)oc1C. The normalized spacial score (nSPS) is 12.2. The molecule has 0 bridgehead atoms. The Kier molecular flexibility index (Phi) is 7.21. The molecule has 6 heteroatoms. The van der Waals surface area contributed by atoms with E-state index in [0.717, 1.165) is 24.4 Å². The molecule has 1 aromatic heterocycles. The molecule has 142 valence electrons. The fraction of sp³-hybridized carbons (Fsp3) is 0.500. The zero-order valence-corrected chi connectivity index (χ0v) is 16.3. The Morgan fingerprint density at radius 1 is 1.27 bits per heavy atom. The van der Waals surface area contributed by atoms with Crippen molar-refractivity contribution in [1.82, 2.24) is 15.2 Å². The molecule has 1 atom stereocenters. The molecule has 1 N–H and O–H groups in total. The lowest BCUT2D eigenvalue weighted by Crippen LogP contribution is -2.42. The van der Waals surface area contributed by atoms with E-state index < -0.39 is 0 Å². The van der Waals surface area contributed by atoms with Crippen LogP contribution in [0.2, 0.25) is 0 Å². The van der Waals surface area contributed by atoms with Crippen LogP contribution in [0.5, 0.6) is 5.75 Å². The van der Waals surface area contributed by atoms with E-state index in [1.54, 1.807) is 7.11 Å². The Morgan fingerprint density at radius 2 is 1.92 bits per heavy atom. The van der Waals surface area contributed by atoms with Crippen LogP contribution in [-0.2, 0) is 11.2 Å². The summed E-state index contributed by atoms with van der Waals surface area (Å²) >= 11 is 0. The average Bonchev–Trinajstić information content (AvgIpc) is 3.01. The number of aryl methyl sites for hydroxylation is 1. The number of benzene rings is 1. The number of amides is 1. The van der Waals surface area contributed by atoms with Gasteiger partial charge in [-0.15, -0.1) is 0 Å². The maximum absolute atomic E-state index is 12.3. The van der Waals surface area contributed by atoms with E-state index in [4.69, 9.17) is 9.15 Å². The number of carbonyl (C=O) groups excluding carboxylic acids is 1. The van der Waals surface area contributed by atoms with Gasteiger partial charge in [-0.3, -0.25) is 9.69 Å². The van der Waals surface area contributed by atoms with Crippen LogP contribution in [0.15, 0.2) is 28.7 Å². The van der Waals surface area contributed by atoms with Crippen LogP contribution in [0.25, 0.3) is 11.5 Å². The number of rotatable bonds is 9. The Labute approximate surface area is 155 Å². The third kappa shape index (κ3) is 5.08. The fourth-order valence-electron chi connectivity index (χ4n) is 2.90. The van der Waals surface area contributed by atoms with Gasteiger partial charge in [0.2, 0.25) is 11.8 Å². The van der Waals surface area contributed by atoms with Gasteiger partial charge in [0.15, 0.2) is 0 Å². The van der Waals surface area contributed by atoms with Gasteiger partial charge in [-0.25, -0.2) is 4.98 Å². The number of ether oxygens (including phenoxy) is 1. The molecule has 2 rings (SSSR count). The van der Waals surface area contributed by atoms with Gasteiger partial charge < -0.3 is 14.5 Å². The second-order valence-electron chi connectivity index (χ2n) is 6.30. The molecular formula is C20H29N3O3. The number of methoxy groups -OCH3 is 1. The van der Waals surface area contributed by atoms with Gasteiger partial charge in [0.05, 0.1) is 19.2 Å². The summed E-state index contributed by atoms with van der Waals surface area (Å²) in [4.78, 5) is 19.1. The minimum absolute atomic E-state index is 0.0401. The largest absolute Gasteiger partial charge is 0.497 e. The van der Waals surface area contributed by atoms with Crippen molar-refractivity contribution in [2.24, 2.45) is 0 Å². The van der Waals surface area contributed by atoms with Gasteiger partial charge >= 0.3 is 0 Å². The highest BCUT2D eigenvalue weighted by molar-refractivity contribution is 5.78. The van der Waals surface area contributed by atoms with E-state index >= 15 is 0 Å². The van der Waals surface area contributed by atoms with Gasteiger partial charge in [-0.1, -0.05) is 13.8 Å². The Morgan fingerprint density at radius 3 is 2.50 bits per heavy atom. The first-order valence-electron chi connectivity index (χ1n) is 9.09. The summed E-state index contributed by atoms with van der Waals surface area (Å²) in [5, 5.41) is 2.99. The Hall–Kier alpha value is -2.34. The van der Waals surface area contributed by atoms with Crippen molar-refractivity contribution in [3.05, 3.63) is 35.7 Å². The highest BCUT2D eigenvalue weighted by Crippen LogP contribution is 2.24. The summed E-state index contributed by atoms with van der Waals surface area (Å²) in [6.45, 7) is 10.8. The van der Waals surface area contributed by atoms with Gasteiger partial charge in [-0.2, -0.15) is 0 Å². The van der Waals surface area contributed by atoms with Crippen LogP contribution < -0.4 is 10.1 Å². The van der Waals surface area contributed by atoms with Crippen molar-refractivity contribution in [3.63, 3.8) is 0 Å².